The predicted molar refractivity (Wildman–Crippen MR) is 92.3 cm³/mol. The van der Waals surface area contributed by atoms with Crippen molar-refractivity contribution in [3.63, 3.8) is 0 Å². The van der Waals surface area contributed by atoms with E-state index in [1.165, 1.54) is 12.3 Å². The SMILES string of the molecule is Fc1ccc(-c2cc3ccc(OCc4ccccc4)cc3[nH]2)cn1. The Labute approximate surface area is 138 Å². The van der Waals surface area contributed by atoms with Crippen LogP contribution in [0.15, 0.2) is 72.9 Å². The molecule has 0 saturated carbocycles. The lowest BCUT2D eigenvalue weighted by atomic mass is 10.2. The fourth-order valence-electron chi connectivity index (χ4n) is 2.63. The molecule has 0 aliphatic carbocycles. The van der Waals surface area contributed by atoms with Gasteiger partial charge in [-0.25, -0.2) is 4.98 Å². The Morgan fingerprint density at radius 3 is 2.62 bits per heavy atom. The highest BCUT2D eigenvalue weighted by molar-refractivity contribution is 5.86. The van der Waals surface area contributed by atoms with Crippen LogP contribution in [-0.2, 0) is 6.61 Å². The summed E-state index contributed by atoms with van der Waals surface area (Å²) in [6.45, 7) is 0.530. The number of nitrogens with zero attached hydrogens (tertiary/aromatic N) is 1. The topological polar surface area (TPSA) is 37.9 Å². The maximum Gasteiger partial charge on any atom is 0.212 e. The number of aromatic amines is 1. The summed E-state index contributed by atoms with van der Waals surface area (Å²) in [5.41, 5.74) is 3.85. The summed E-state index contributed by atoms with van der Waals surface area (Å²) in [4.78, 5) is 7.02. The molecule has 4 aromatic rings. The Morgan fingerprint density at radius 2 is 1.83 bits per heavy atom. The second-order valence-corrected chi connectivity index (χ2v) is 5.58. The summed E-state index contributed by atoms with van der Waals surface area (Å²) >= 11 is 0. The number of H-pyrrole nitrogens is 1. The van der Waals surface area contributed by atoms with Gasteiger partial charge in [0, 0.05) is 34.4 Å². The first-order valence-electron chi connectivity index (χ1n) is 7.69. The van der Waals surface area contributed by atoms with Crippen molar-refractivity contribution >= 4 is 10.9 Å². The number of pyridine rings is 1. The Morgan fingerprint density at radius 1 is 0.958 bits per heavy atom. The molecule has 3 nitrogen and oxygen atoms in total. The second-order valence-electron chi connectivity index (χ2n) is 5.58. The molecule has 0 saturated heterocycles. The van der Waals surface area contributed by atoms with E-state index in [1.807, 2.05) is 54.6 Å². The average molecular weight is 318 g/mol. The van der Waals surface area contributed by atoms with Gasteiger partial charge in [0.05, 0.1) is 0 Å². The smallest absolute Gasteiger partial charge is 0.212 e. The standard InChI is InChI=1S/C20H15FN2O/c21-20-9-7-16(12-22-20)18-10-15-6-8-17(11-19(15)23-18)24-13-14-4-2-1-3-5-14/h1-12,23H,13H2. The maximum atomic E-state index is 12.9. The van der Waals surface area contributed by atoms with Crippen LogP contribution in [0.3, 0.4) is 0 Å². The molecule has 4 heteroatoms. The number of fused-ring (bicyclic) bond motifs is 1. The van der Waals surface area contributed by atoms with Gasteiger partial charge >= 0.3 is 0 Å². The summed E-state index contributed by atoms with van der Waals surface area (Å²) in [7, 11) is 0. The van der Waals surface area contributed by atoms with Crippen LogP contribution in [0.4, 0.5) is 4.39 Å². The average Bonchev–Trinajstić information content (AvgIpc) is 3.05. The lowest BCUT2D eigenvalue weighted by molar-refractivity contribution is 0.306. The quantitative estimate of drug-likeness (QED) is 0.541. The molecule has 1 N–H and O–H groups in total. The van der Waals surface area contributed by atoms with Gasteiger partial charge in [0.1, 0.15) is 12.4 Å². The van der Waals surface area contributed by atoms with E-state index in [2.05, 4.69) is 9.97 Å². The van der Waals surface area contributed by atoms with Crippen LogP contribution in [-0.4, -0.2) is 9.97 Å². The summed E-state index contributed by atoms with van der Waals surface area (Å²) in [5, 5.41) is 1.07. The number of nitrogens with one attached hydrogen (secondary N) is 1. The van der Waals surface area contributed by atoms with Gasteiger partial charge in [-0.15, -0.1) is 0 Å². The van der Waals surface area contributed by atoms with Crippen molar-refractivity contribution in [1.82, 2.24) is 9.97 Å². The van der Waals surface area contributed by atoms with Crippen molar-refractivity contribution in [2.24, 2.45) is 0 Å². The third-order valence-corrected chi connectivity index (χ3v) is 3.88. The largest absolute Gasteiger partial charge is 0.489 e. The van der Waals surface area contributed by atoms with Gasteiger partial charge in [0.15, 0.2) is 0 Å². The molecule has 0 amide bonds. The van der Waals surface area contributed by atoms with Crippen LogP contribution in [0.5, 0.6) is 5.75 Å². The van der Waals surface area contributed by atoms with Crippen molar-refractivity contribution in [2.45, 2.75) is 6.61 Å². The molecule has 24 heavy (non-hydrogen) atoms. The van der Waals surface area contributed by atoms with E-state index in [4.69, 9.17) is 4.74 Å². The molecule has 0 bridgehead atoms. The Bertz CT molecular complexity index is 962. The number of rotatable bonds is 4. The summed E-state index contributed by atoms with van der Waals surface area (Å²) in [6.07, 6.45) is 1.52. The fraction of sp³-hybridized carbons (Fsp3) is 0.0500. The van der Waals surface area contributed by atoms with Gasteiger partial charge in [-0.3, -0.25) is 0 Å². The molecule has 0 unspecified atom stereocenters. The van der Waals surface area contributed by atoms with Gasteiger partial charge < -0.3 is 9.72 Å². The van der Waals surface area contributed by atoms with Crippen LogP contribution in [0, 0.1) is 5.95 Å². The first-order valence-corrected chi connectivity index (χ1v) is 7.69. The molecule has 2 aromatic heterocycles. The molecule has 0 aliphatic rings. The van der Waals surface area contributed by atoms with Crippen LogP contribution >= 0.6 is 0 Å². The maximum absolute atomic E-state index is 12.9. The Kier molecular flexibility index (Phi) is 3.71. The van der Waals surface area contributed by atoms with Gasteiger partial charge in [-0.05, 0) is 35.9 Å². The number of ether oxygens (including phenoxy) is 1. The first kappa shape index (κ1) is 14.5. The minimum atomic E-state index is -0.480. The minimum Gasteiger partial charge on any atom is -0.489 e. The summed E-state index contributed by atoms with van der Waals surface area (Å²) in [6, 6.07) is 21.1. The molecule has 118 valence electrons. The highest BCUT2D eigenvalue weighted by Crippen LogP contribution is 2.27. The zero-order valence-corrected chi connectivity index (χ0v) is 12.9. The molecule has 4 rings (SSSR count). The predicted octanol–water partition coefficient (Wildman–Crippen LogP) is 4.95. The lowest BCUT2D eigenvalue weighted by Gasteiger charge is -2.06. The normalized spacial score (nSPS) is 10.9. The summed E-state index contributed by atoms with van der Waals surface area (Å²) in [5.74, 6) is 0.323. The molecule has 2 heterocycles. The van der Waals surface area contributed by atoms with Crippen molar-refractivity contribution in [2.75, 3.05) is 0 Å². The van der Waals surface area contributed by atoms with E-state index in [0.29, 0.717) is 6.61 Å². The van der Waals surface area contributed by atoms with E-state index in [1.54, 1.807) is 6.07 Å². The molecule has 0 aliphatic heterocycles. The number of hydrogen-bond acceptors (Lipinski definition) is 2. The zero-order valence-electron chi connectivity index (χ0n) is 12.9. The highest BCUT2D eigenvalue weighted by Gasteiger charge is 2.06. The first-order chi connectivity index (χ1) is 11.8. The van der Waals surface area contributed by atoms with Crippen molar-refractivity contribution in [3.05, 3.63) is 84.4 Å². The van der Waals surface area contributed by atoms with Crippen molar-refractivity contribution in [1.29, 1.82) is 0 Å². The van der Waals surface area contributed by atoms with Gasteiger partial charge in [-0.1, -0.05) is 30.3 Å². The van der Waals surface area contributed by atoms with E-state index < -0.39 is 5.95 Å². The number of halogens is 1. The van der Waals surface area contributed by atoms with Gasteiger partial charge in [0.25, 0.3) is 0 Å². The van der Waals surface area contributed by atoms with Crippen LogP contribution < -0.4 is 4.74 Å². The molecule has 0 fully saturated rings. The second kappa shape index (κ2) is 6.16. The van der Waals surface area contributed by atoms with Gasteiger partial charge in [0.2, 0.25) is 5.95 Å². The third kappa shape index (κ3) is 2.99. The van der Waals surface area contributed by atoms with Crippen LogP contribution in [0.2, 0.25) is 0 Å². The van der Waals surface area contributed by atoms with E-state index >= 15 is 0 Å². The van der Waals surface area contributed by atoms with Crippen molar-refractivity contribution in [3.8, 4) is 17.0 Å². The molecule has 2 aromatic carbocycles. The minimum absolute atomic E-state index is 0.480. The van der Waals surface area contributed by atoms with E-state index in [0.717, 1.165) is 33.5 Å². The van der Waals surface area contributed by atoms with Gasteiger partial charge in [-0.2, -0.15) is 4.39 Å². The Balaban J connectivity index is 1.58. The van der Waals surface area contributed by atoms with Crippen LogP contribution in [0.1, 0.15) is 5.56 Å². The van der Waals surface area contributed by atoms with Crippen molar-refractivity contribution < 1.29 is 9.13 Å². The third-order valence-electron chi connectivity index (χ3n) is 3.88. The molecular formula is C20H15FN2O. The van der Waals surface area contributed by atoms with E-state index in [9.17, 15) is 4.39 Å². The van der Waals surface area contributed by atoms with E-state index in [-0.39, 0.29) is 0 Å². The lowest BCUT2D eigenvalue weighted by Crippen LogP contribution is -1.94. The number of aromatic nitrogens is 2. The number of benzene rings is 2. The van der Waals surface area contributed by atoms with Crippen LogP contribution in [0.25, 0.3) is 22.2 Å². The molecule has 0 atom stereocenters. The highest BCUT2D eigenvalue weighted by atomic mass is 19.1. The number of hydrogen-bond donors (Lipinski definition) is 1. The zero-order chi connectivity index (χ0) is 16.4. The monoisotopic (exact) mass is 318 g/mol. The molecule has 0 spiro atoms. The molecular weight excluding hydrogens is 303 g/mol. The molecule has 0 radical (unpaired) electrons. The fourth-order valence-corrected chi connectivity index (χ4v) is 2.63. The summed E-state index contributed by atoms with van der Waals surface area (Å²) < 4.78 is 18.8. The Hall–Kier alpha value is -3.14.